The average Bonchev–Trinajstić information content (AvgIpc) is 2.03. The summed E-state index contributed by atoms with van der Waals surface area (Å²) < 4.78 is 0. The van der Waals surface area contributed by atoms with Gasteiger partial charge < -0.3 is 10.6 Å². The molecule has 0 amide bonds. The summed E-state index contributed by atoms with van der Waals surface area (Å²) in [5.74, 6) is 1.22. The fraction of sp³-hybridized carbons (Fsp3) is 0.714. The standard InChI is InChI=1S/C7H17N5/c1-9-6(8)12(5)7(10-2)11(3)4/h1-5H3,(H2,8,9)/b10-7-. The first kappa shape index (κ1) is 10.7. The molecule has 5 heteroatoms. The molecule has 0 aliphatic carbocycles. The number of nitrogens with two attached hydrogens (primary N) is 1. The van der Waals surface area contributed by atoms with E-state index in [1.165, 1.54) is 0 Å². The lowest BCUT2D eigenvalue weighted by molar-refractivity contribution is 0.528. The Labute approximate surface area is 73.6 Å². The zero-order chi connectivity index (χ0) is 9.72. The van der Waals surface area contributed by atoms with Crippen LogP contribution in [-0.4, -0.2) is 57.0 Å². The van der Waals surface area contributed by atoms with E-state index in [1.54, 1.807) is 19.0 Å². The number of hydrogen-bond donors (Lipinski definition) is 1. The second-order valence-corrected chi connectivity index (χ2v) is 2.56. The summed E-state index contributed by atoms with van der Waals surface area (Å²) in [5, 5.41) is 0. The molecule has 0 saturated heterocycles. The highest BCUT2D eigenvalue weighted by atomic mass is 15.4. The minimum Gasteiger partial charge on any atom is -0.369 e. The lowest BCUT2D eigenvalue weighted by Crippen LogP contribution is -2.45. The normalized spacial score (nSPS) is 13.1. The highest BCUT2D eigenvalue weighted by Crippen LogP contribution is 1.90. The van der Waals surface area contributed by atoms with Gasteiger partial charge in [0, 0.05) is 35.2 Å². The largest absolute Gasteiger partial charge is 0.369 e. The second-order valence-electron chi connectivity index (χ2n) is 2.56. The third-order valence-electron chi connectivity index (χ3n) is 1.47. The highest BCUT2D eigenvalue weighted by molar-refractivity contribution is 5.97. The Balaban J connectivity index is 4.55. The first-order chi connectivity index (χ1) is 5.54. The molecule has 0 saturated carbocycles. The Hall–Kier alpha value is -1.26. The molecule has 0 radical (unpaired) electrons. The van der Waals surface area contributed by atoms with Gasteiger partial charge in [0.05, 0.1) is 0 Å². The van der Waals surface area contributed by atoms with Crippen LogP contribution in [0.15, 0.2) is 9.98 Å². The van der Waals surface area contributed by atoms with Crippen LogP contribution in [0.25, 0.3) is 0 Å². The molecular formula is C7H17N5. The van der Waals surface area contributed by atoms with Gasteiger partial charge in [-0.05, 0) is 0 Å². The van der Waals surface area contributed by atoms with Crippen molar-refractivity contribution >= 4 is 11.9 Å². The van der Waals surface area contributed by atoms with Gasteiger partial charge in [0.2, 0.25) is 5.96 Å². The van der Waals surface area contributed by atoms with Crippen molar-refractivity contribution in [2.24, 2.45) is 15.7 Å². The Kier molecular flexibility index (Phi) is 4.10. The van der Waals surface area contributed by atoms with E-state index in [1.807, 2.05) is 26.0 Å². The Morgan fingerprint density at radius 2 is 1.58 bits per heavy atom. The van der Waals surface area contributed by atoms with Crippen molar-refractivity contribution in [2.45, 2.75) is 0 Å². The molecule has 0 aliphatic rings. The first-order valence-corrected chi connectivity index (χ1v) is 3.64. The maximum atomic E-state index is 5.60. The van der Waals surface area contributed by atoms with Gasteiger partial charge in [0.25, 0.3) is 0 Å². The highest BCUT2D eigenvalue weighted by Gasteiger charge is 2.09. The zero-order valence-electron chi connectivity index (χ0n) is 8.37. The van der Waals surface area contributed by atoms with E-state index in [0.29, 0.717) is 5.96 Å². The molecule has 0 spiro atoms. The maximum absolute atomic E-state index is 5.60. The van der Waals surface area contributed by atoms with Crippen LogP contribution in [-0.2, 0) is 0 Å². The predicted molar refractivity (Wildman–Crippen MR) is 52.4 cm³/mol. The minimum atomic E-state index is 0.448. The van der Waals surface area contributed by atoms with E-state index < -0.39 is 0 Å². The molecule has 0 fully saturated rings. The van der Waals surface area contributed by atoms with Gasteiger partial charge in [-0.15, -0.1) is 0 Å². The monoisotopic (exact) mass is 171 g/mol. The predicted octanol–water partition coefficient (Wildman–Crippen LogP) is -0.590. The van der Waals surface area contributed by atoms with Crippen LogP contribution < -0.4 is 5.73 Å². The summed E-state index contributed by atoms with van der Waals surface area (Å²) >= 11 is 0. The van der Waals surface area contributed by atoms with Crippen molar-refractivity contribution in [3.63, 3.8) is 0 Å². The van der Waals surface area contributed by atoms with Crippen LogP contribution in [0.5, 0.6) is 0 Å². The van der Waals surface area contributed by atoms with Gasteiger partial charge in [0.1, 0.15) is 0 Å². The van der Waals surface area contributed by atoms with Gasteiger partial charge in [-0.2, -0.15) is 0 Å². The number of rotatable bonds is 0. The van der Waals surface area contributed by atoms with Crippen molar-refractivity contribution in [1.82, 2.24) is 9.80 Å². The maximum Gasteiger partial charge on any atom is 0.202 e. The molecule has 0 unspecified atom stereocenters. The van der Waals surface area contributed by atoms with Crippen LogP contribution in [0.2, 0.25) is 0 Å². The van der Waals surface area contributed by atoms with Gasteiger partial charge in [-0.3, -0.25) is 14.9 Å². The van der Waals surface area contributed by atoms with E-state index in [2.05, 4.69) is 9.98 Å². The third-order valence-corrected chi connectivity index (χ3v) is 1.47. The van der Waals surface area contributed by atoms with Crippen molar-refractivity contribution < 1.29 is 0 Å². The quantitative estimate of drug-likeness (QED) is 0.391. The lowest BCUT2D eigenvalue weighted by atomic mass is 10.6. The van der Waals surface area contributed by atoms with E-state index in [4.69, 9.17) is 5.73 Å². The first-order valence-electron chi connectivity index (χ1n) is 3.64. The van der Waals surface area contributed by atoms with Crippen LogP contribution in [0.1, 0.15) is 0 Å². The molecule has 2 N–H and O–H groups in total. The van der Waals surface area contributed by atoms with Crippen molar-refractivity contribution in [2.75, 3.05) is 35.2 Å². The van der Waals surface area contributed by atoms with Crippen LogP contribution >= 0.6 is 0 Å². The molecule has 0 heterocycles. The van der Waals surface area contributed by atoms with E-state index in [9.17, 15) is 0 Å². The smallest absolute Gasteiger partial charge is 0.202 e. The SMILES string of the molecule is C/N=C(/N(C)C)N(C)/C(N)=N/C. The van der Waals surface area contributed by atoms with Crippen LogP contribution in [0, 0.1) is 0 Å². The molecule has 0 aromatic carbocycles. The molecular weight excluding hydrogens is 154 g/mol. The molecule has 0 rings (SSSR count). The summed E-state index contributed by atoms with van der Waals surface area (Å²) in [6.07, 6.45) is 0. The molecule has 5 nitrogen and oxygen atoms in total. The van der Waals surface area contributed by atoms with Crippen molar-refractivity contribution in [3.05, 3.63) is 0 Å². The van der Waals surface area contributed by atoms with Crippen molar-refractivity contribution in [3.8, 4) is 0 Å². The van der Waals surface area contributed by atoms with E-state index in [-0.39, 0.29) is 0 Å². The second kappa shape index (κ2) is 4.58. The van der Waals surface area contributed by atoms with E-state index in [0.717, 1.165) is 5.96 Å². The zero-order valence-corrected chi connectivity index (χ0v) is 8.37. The molecule has 0 aromatic heterocycles. The van der Waals surface area contributed by atoms with Gasteiger partial charge in [-0.1, -0.05) is 0 Å². The topological polar surface area (TPSA) is 57.2 Å². The molecule has 70 valence electrons. The Bertz CT molecular complexity index is 194. The minimum absolute atomic E-state index is 0.448. The molecule has 0 aromatic rings. The van der Waals surface area contributed by atoms with Gasteiger partial charge in [-0.25, -0.2) is 0 Å². The molecule has 0 aliphatic heterocycles. The summed E-state index contributed by atoms with van der Waals surface area (Å²) in [7, 11) is 9.00. The van der Waals surface area contributed by atoms with Crippen molar-refractivity contribution in [1.29, 1.82) is 0 Å². The number of guanidine groups is 2. The number of hydrogen-bond acceptors (Lipinski definition) is 2. The molecule has 0 bridgehead atoms. The summed E-state index contributed by atoms with van der Waals surface area (Å²) in [5.41, 5.74) is 5.60. The lowest BCUT2D eigenvalue weighted by Gasteiger charge is -2.24. The fourth-order valence-electron chi connectivity index (χ4n) is 0.902. The summed E-state index contributed by atoms with van der Waals surface area (Å²) in [6.45, 7) is 0. The van der Waals surface area contributed by atoms with Gasteiger partial charge in [0.15, 0.2) is 5.96 Å². The molecule has 12 heavy (non-hydrogen) atoms. The van der Waals surface area contributed by atoms with Gasteiger partial charge >= 0.3 is 0 Å². The molecule has 0 atom stereocenters. The third kappa shape index (κ3) is 2.41. The Morgan fingerprint density at radius 1 is 1.08 bits per heavy atom. The summed E-state index contributed by atoms with van der Waals surface area (Å²) in [6, 6.07) is 0. The Morgan fingerprint density at radius 3 is 1.83 bits per heavy atom. The summed E-state index contributed by atoms with van der Waals surface area (Å²) in [4.78, 5) is 11.5. The van der Waals surface area contributed by atoms with Crippen LogP contribution in [0.3, 0.4) is 0 Å². The average molecular weight is 171 g/mol. The van der Waals surface area contributed by atoms with Crippen LogP contribution in [0.4, 0.5) is 0 Å². The number of aliphatic imine (C=N–C) groups is 2. The fourth-order valence-corrected chi connectivity index (χ4v) is 0.902. The number of nitrogens with zero attached hydrogens (tertiary/aromatic N) is 4. The van der Waals surface area contributed by atoms with E-state index >= 15 is 0 Å².